The number of rotatable bonds is 4. The van der Waals surface area contributed by atoms with Gasteiger partial charge < -0.3 is 10.5 Å². The zero-order valence-electron chi connectivity index (χ0n) is 9.56. The van der Waals surface area contributed by atoms with Gasteiger partial charge in [-0.1, -0.05) is 0 Å². The molecule has 5 nitrogen and oxygen atoms in total. The summed E-state index contributed by atoms with van der Waals surface area (Å²) in [4.78, 5) is 23.6. The molecule has 1 saturated heterocycles. The summed E-state index contributed by atoms with van der Waals surface area (Å²) in [6.07, 6.45) is -0.408. The number of halogens is 1. The number of hydrogen-bond donors (Lipinski definition) is 1. The molecular weight excluding hydrogens is 239 g/mol. The van der Waals surface area contributed by atoms with E-state index in [2.05, 4.69) is 6.07 Å². The second-order valence-corrected chi connectivity index (χ2v) is 4.02. The van der Waals surface area contributed by atoms with Gasteiger partial charge >= 0.3 is 6.09 Å². The Balaban J connectivity index is 2.03. The fourth-order valence-corrected chi connectivity index (χ4v) is 1.78. The van der Waals surface area contributed by atoms with Crippen molar-refractivity contribution in [2.24, 2.45) is 5.73 Å². The molecule has 95 valence electrons. The largest absolute Gasteiger partial charge is 0.444 e. The van der Waals surface area contributed by atoms with Gasteiger partial charge in [0.2, 0.25) is 5.91 Å². The first-order valence-corrected chi connectivity index (χ1v) is 5.50. The number of cyclic esters (lactones) is 1. The highest BCUT2D eigenvalue weighted by atomic mass is 19.1. The van der Waals surface area contributed by atoms with Crippen LogP contribution in [0.5, 0.6) is 0 Å². The van der Waals surface area contributed by atoms with E-state index < -0.39 is 23.9 Å². The molecule has 18 heavy (non-hydrogen) atoms. The van der Waals surface area contributed by atoms with Crippen LogP contribution in [0.15, 0.2) is 18.2 Å². The first-order valence-electron chi connectivity index (χ1n) is 5.50. The van der Waals surface area contributed by atoms with Crippen LogP contribution in [0.4, 0.5) is 14.9 Å². The minimum atomic E-state index is -0.546. The van der Waals surface area contributed by atoms with E-state index in [0.717, 1.165) is 0 Å². The zero-order valence-corrected chi connectivity index (χ0v) is 9.56. The lowest BCUT2D eigenvalue weighted by atomic mass is 10.2. The molecule has 0 aromatic heterocycles. The fraction of sp³-hybridized carbons (Fsp3) is 0.333. The molecule has 6 heteroatoms. The molecule has 1 unspecified atom stereocenters. The monoisotopic (exact) mass is 251 g/mol. The molecule has 1 aromatic rings. The van der Waals surface area contributed by atoms with Crippen LogP contribution in [-0.4, -0.2) is 24.6 Å². The Hall–Kier alpha value is -2.11. The van der Waals surface area contributed by atoms with Crippen molar-refractivity contribution in [2.75, 3.05) is 11.4 Å². The highest BCUT2D eigenvalue weighted by Gasteiger charge is 2.32. The Labute approximate surface area is 103 Å². The smallest absolute Gasteiger partial charge is 0.414 e. The number of hydrogen-bond acceptors (Lipinski definition) is 3. The van der Waals surface area contributed by atoms with Crippen LogP contribution in [0.2, 0.25) is 0 Å². The van der Waals surface area contributed by atoms with Crippen LogP contribution in [0.25, 0.3) is 0 Å². The van der Waals surface area contributed by atoms with Gasteiger partial charge in [-0.25, -0.2) is 9.18 Å². The number of carbonyl (C=O) groups is 2. The Morgan fingerprint density at radius 2 is 2.44 bits per heavy atom. The number of ether oxygens (including phenoxy) is 1. The van der Waals surface area contributed by atoms with Crippen molar-refractivity contribution < 1.29 is 18.7 Å². The van der Waals surface area contributed by atoms with E-state index in [0.29, 0.717) is 12.1 Å². The number of nitrogens with two attached hydrogens (primary N) is 1. The van der Waals surface area contributed by atoms with Gasteiger partial charge in [0.05, 0.1) is 12.2 Å². The quantitative estimate of drug-likeness (QED) is 0.874. The summed E-state index contributed by atoms with van der Waals surface area (Å²) in [5, 5.41) is 0. The van der Waals surface area contributed by atoms with Crippen LogP contribution < -0.4 is 10.6 Å². The molecule has 2 amide bonds. The Morgan fingerprint density at radius 1 is 1.67 bits per heavy atom. The van der Waals surface area contributed by atoms with Gasteiger partial charge in [-0.05, 0) is 24.6 Å². The highest BCUT2D eigenvalue weighted by Crippen LogP contribution is 2.23. The molecule has 2 N–H and O–H groups in total. The highest BCUT2D eigenvalue weighted by molar-refractivity contribution is 5.89. The zero-order chi connectivity index (χ0) is 13.1. The predicted molar refractivity (Wildman–Crippen MR) is 61.3 cm³/mol. The molecule has 0 aliphatic carbocycles. The standard InChI is InChI=1S/C12H12FN2O3/c13-8-2-1-3-9(6-8)15-7-10(18-12(15)17)4-5-11(14)16/h1,3,6,10H,4-5,7H2,(H2,14,16). The lowest BCUT2D eigenvalue weighted by molar-refractivity contribution is -0.118. The minimum Gasteiger partial charge on any atom is -0.444 e. The Morgan fingerprint density at radius 3 is 3.11 bits per heavy atom. The molecule has 2 rings (SSSR count). The van der Waals surface area contributed by atoms with Crippen molar-refractivity contribution in [3.05, 3.63) is 30.1 Å². The van der Waals surface area contributed by atoms with Crippen LogP contribution >= 0.6 is 0 Å². The maximum atomic E-state index is 13.0. The number of anilines is 1. The fourth-order valence-electron chi connectivity index (χ4n) is 1.78. The molecular formula is C12H12FN2O3. The summed E-state index contributed by atoms with van der Waals surface area (Å²) in [6.45, 7) is 0.287. The maximum Gasteiger partial charge on any atom is 0.414 e. The van der Waals surface area contributed by atoms with E-state index in [1.165, 1.54) is 17.0 Å². The van der Waals surface area contributed by atoms with Crippen molar-refractivity contribution >= 4 is 17.7 Å². The molecule has 1 aliphatic heterocycles. The predicted octanol–water partition coefficient (Wildman–Crippen LogP) is 1.22. The van der Waals surface area contributed by atoms with E-state index in [-0.39, 0.29) is 13.0 Å². The van der Waals surface area contributed by atoms with E-state index in [1.54, 1.807) is 6.07 Å². The summed E-state index contributed by atoms with van der Waals surface area (Å²) in [5.41, 5.74) is 5.44. The molecule has 0 bridgehead atoms. The molecule has 0 spiro atoms. The SMILES string of the molecule is NC(=O)CCC1CN(c2cc[c]c(F)c2)C(=O)O1. The third-order valence-electron chi connectivity index (χ3n) is 2.65. The number of nitrogens with zero attached hydrogens (tertiary/aromatic N) is 1. The van der Waals surface area contributed by atoms with E-state index >= 15 is 0 Å². The molecule has 1 radical (unpaired) electrons. The first-order chi connectivity index (χ1) is 8.56. The number of amides is 2. The summed E-state index contributed by atoms with van der Waals surface area (Å²) in [6, 6.07) is 6.53. The van der Waals surface area contributed by atoms with Crippen molar-refractivity contribution in [3.63, 3.8) is 0 Å². The molecule has 1 aromatic carbocycles. The molecule has 1 aliphatic rings. The molecule has 1 heterocycles. The van der Waals surface area contributed by atoms with Crippen molar-refractivity contribution in [3.8, 4) is 0 Å². The van der Waals surface area contributed by atoms with Gasteiger partial charge in [0.25, 0.3) is 0 Å². The van der Waals surface area contributed by atoms with Crippen molar-refractivity contribution in [1.29, 1.82) is 0 Å². The molecule has 0 saturated carbocycles. The topological polar surface area (TPSA) is 72.6 Å². The third-order valence-corrected chi connectivity index (χ3v) is 2.65. The Kier molecular flexibility index (Phi) is 3.45. The van der Waals surface area contributed by atoms with Crippen LogP contribution in [0, 0.1) is 11.9 Å². The van der Waals surface area contributed by atoms with Crippen molar-refractivity contribution in [2.45, 2.75) is 18.9 Å². The van der Waals surface area contributed by atoms with Gasteiger partial charge in [0.1, 0.15) is 11.9 Å². The van der Waals surface area contributed by atoms with Gasteiger partial charge in [0.15, 0.2) is 0 Å². The van der Waals surface area contributed by atoms with Crippen LogP contribution in [0.3, 0.4) is 0 Å². The van der Waals surface area contributed by atoms with E-state index in [4.69, 9.17) is 10.5 Å². The second-order valence-electron chi connectivity index (χ2n) is 4.02. The number of primary amides is 1. The second kappa shape index (κ2) is 5.03. The van der Waals surface area contributed by atoms with Crippen molar-refractivity contribution in [1.82, 2.24) is 0 Å². The average Bonchev–Trinajstić information content (AvgIpc) is 2.68. The average molecular weight is 251 g/mol. The normalized spacial score (nSPS) is 18.8. The number of carbonyl (C=O) groups excluding carboxylic acids is 2. The van der Waals surface area contributed by atoms with Gasteiger partial charge in [-0.3, -0.25) is 9.69 Å². The lowest BCUT2D eigenvalue weighted by Gasteiger charge is -2.12. The first kappa shape index (κ1) is 12.3. The third kappa shape index (κ3) is 2.77. The maximum absolute atomic E-state index is 13.0. The molecule has 1 atom stereocenters. The van der Waals surface area contributed by atoms with Crippen LogP contribution in [0.1, 0.15) is 12.8 Å². The van der Waals surface area contributed by atoms with Gasteiger partial charge in [0, 0.05) is 12.5 Å². The van der Waals surface area contributed by atoms with E-state index in [1.807, 2.05) is 0 Å². The van der Waals surface area contributed by atoms with Crippen LogP contribution in [-0.2, 0) is 9.53 Å². The summed E-state index contributed by atoms with van der Waals surface area (Å²) < 4.78 is 18.1. The summed E-state index contributed by atoms with van der Waals surface area (Å²) in [5.74, 6) is -0.981. The Bertz CT molecular complexity index is 478. The number of benzene rings is 1. The van der Waals surface area contributed by atoms with E-state index in [9.17, 15) is 14.0 Å². The summed E-state index contributed by atoms with van der Waals surface area (Å²) in [7, 11) is 0. The van der Waals surface area contributed by atoms with Gasteiger partial charge in [-0.2, -0.15) is 0 Å². The molecule has 1 fully saturated rings. The summed E-state index contributed by atoms with van der Waals surface area (Å²) >= 11 is 0. The van der Waals surface area contributed by atoms with Gasteiger partial charge in [-0.15, -0.1) is 0 Å². The minimum absolute atomic E-state index is 0.155. The lowest BCUT2D eigenvalue weighted by Crippen LogP contribution is -2.25.